The molecular formula is C24H32N4O4. The van der Waals surface area contributed by atoms with Crippen molar-refractivity contribution in [2.75, 3.05) is 0 Å². The lowest BCUT2D eigenvalue weighted by Gasteiger charge is -2.38. The van der Waals surface area contributed by atoms with E-state index in [0.29, 0.717) is 23.0 Å². The molecule has 0 aromatic carbocycles. The highest BCUT2D eigenvalue weighted by Crippen LogP contribution is 2.40. The van der Waals surface area contributed by atoms with Gasteiger partial charge in [-0.1, -0.05) is 20.8 Å². The number of pyridine rings is 1. The lowest BCUT2D eigenvalue weighted by atomic mass is 9.68. The van der Waals surface area contributed by atoms with E-state index >= 15 is 0 Å². The van der Waals surface area contributed by atoms with Crippen molar-refractivity contribution in [3.05, 3.63) is 35.4 Å². The zero-order valence-electron chi connectivity index (χ0n) is 19.4. The molecule has 0 spiro atoms. The smallest absolute Gasteiger partial charge is 0.307 e. The number of nitrogens with zero attached hydrogens (tertiary/aromatic N) is 3. The Kier molecular flexibility index (Phi) is 6.81. The number of aromatic nitrogens is 3. The summed E-state index contributed by atoms with van der Waals surface area (Å²) in [4.78, 5) is 36.6. The van der Waals surface area contributed by atoms with Gasteiger partial charge in [-0.2, -0.15) is 0 Å². The van der Waals surface area contributed by atoms with Crippen LogP contribution >= 0.6 is 0 Å². The molecule has 1 aliphatic carbocycles. The van der Waals surface area contributed by atoms with E-state index in [1.165, 1.54) is 0 Å². The number of aliphatic carboxylic acids is 1. The zero-order valence-corrected chi connectivity index (χ0v) is 19.4. The highest BCUT2D eigenvalue weighted by molar-refractivity contribution is 5.92. The van der Waals surface area contributed by atoms with E-state index in [1.54, 1.807) is 19.2 Å². The van der Waals surface area contributed by atoms with Gasteiger partial charge in [0, 0.05) is 17.8 Å². The summed E-state index contributed by atoms with van der Waals surface area (Å²) in [6.07, 6.45) is 4.92. The summed E-state index contributed by atoms with van der Waals surface area (Å²) in [5.74, 6) is -1.02. The second-order valence-electron chi connectivity index (χ2n) is 9.68. The first kappa shape index (κ1) is 23.6. The first-order valence-corrected chi connectivity index (χ1v) is 11.0. The van der Waals surface area contributed by atoms with Gasteiger partial charge in [0.2, 0.25) is 5.88 Å². The number of ether oxygens (including phenoxy) is 1. The molecule has 1 unspecified atom stereocenters. The van der Waals surface area contributed by atoms with Gasteiger partial charge in [0.1, 0.15) is 11.8 Å². The van der Waals surface area contributed by atoms with Crippen LogP contribution in [-0.2, 0) is 4.79 Å². The summed E-state index contributed by atoms with van der Waals surface area (Å²) < 4.78 is 6.06. The average molecular weight is 441 g/mol. The molecular weight excluding hydrogens is 408 g/mol. The number of carbonyl (C=O) groups excluding carboxylic acids is 1. The van der Waals surface area contributed by atoms with Crippen molar-refractivity contribution in [2.24, 2.45) is 23.0 Å². The number of primary amides is 1. The van der Waals surface area contributed by atoms with Crippen molar-refractivity contribution in [2.45, 2.75) is 66.4 Å². The van der Waals surface area contributed by atoms with Crippen molar-refractivity contribution in [3.8, 4) is 17.1 Å². The average Bonchev–Trinajstić information content (AvgIpc) is 2.69. The number of hydrogen-bond donors (Lipinski definition) is 2. The van der Waals surface area contributed by atoms with Crippen LogP contribution in [0.15, 0.2) is 18.3 Å². The largest absolute Gasteiger partial charge is 0.481 e. The Bertz CT molecular complexity index is 990. The fourth-order valence-corrected chi connectivity index (χ4v) is 4.72. The number of nitrogens with two attached hydrogens (primary N) is 1. The Morgan fingerprint density at radius 3 is 2.25 bits per heavy atom. The van der Waals surface area contributed by atoms with Crippen LogP contribution in [0.5, 0.6) is 5.88 Å². The summed E-state index contributed by atoms with van der Waals surface area (Å²) in [5, 5.41) is 9.69. The summed E-state index contributed by atoms with van der Waals surface area (Å²) in [6, 6.07) is 3.62. The Morgan fingerprint density at radius 2 is 1.75 bits per heavy atom. The van der Waals surface area contributed by atoms with Crippen LogP contribution in [0, 0.1) is 31.1 Å². The van der Waals surface area contributed by atoms with Crippen LogP contribution < -0.4 is 10.5 Å². The molecule has 1 amide bonds. The van der Waals surface area contributed by atoms with E-state index in [0.717, 1.165) is 31.2 Å². The van der Waals surface area contributed by atoms with Gasteiger partial charge < -0.3 is 15.6 Å². The number of rotatable bonds is 6. The monoisotopic (exact) mass is 440 g/mol. The van der Waals surface area contributed by atoms with Gasteiger partial charge in [-0.05, 0) is 56.9 Å². The Balaban J connectivity index is 1.66. The quantitative estimate of drug-likeness (QED) is 0.696. The second kappa shape index (κ2) is 9.22. The minimum Gasteiger partial charge on any atom is -0.481 e. The van der Waals surface area contributed by atoms with Crippen molar-refractivity contribution in [3.63, 3.8) is 0 Å². The number of amides is 1. The van der Waals surface area contributed by atoms with E-state index in [-0.39, 0.29) is 29.0 Å². The Morgan fingerprint density at radius 1 is 1.09 bits per heavy atom. The minimum absolute atomic E-state index is 0.0152. The molecule has 1 fully saturated rings. The molecule has 1 aliphatic rings. The van der Waals surface area contributed by atoms with Crippen molar-refractivity contribution in [1.29, 1.82) is 0 Å². The molecule has 172 valence electrons. The fourth-order valence-electron chi connectivity index (χ4n) is 4.72. The maximum Gasteiger partial charge on any atom is 0.307 e. The third-order valence-corrected chi connectivity index (χ3v) is 6.16. The van der Waals surface area contributed by atoms with Gasteiger partial charge in [-0.25, -0.2) is 9.97 Å². The van der Waals surface area contributed by atoms with Gasteiger partial charge >= 0.3 is 5.97 Å². The van der Waals surface area contributed by atoms with E-state index in [2.05, 4.69) is 15.0 Å². The maximum absolute atomic E-state index is 11.8. The molecule has 2 heterocycles. The lowest BCUT2D eigenvalue weighted by Crippen LogP contribution is -2.38. The molecule has 8 nitrogen and oxygen atoms in total. The molecule has 32 heavy (non-hydrogen) atoms. The minimum atomic E-state index is -0.715. The predicted octanol–water partition coefficient (Wildman–Crippen LogP) is 3.94. The van der Waals surface area contributed by atoms with E-state index < -0.39 is 11.9 Å². The topological polar surface area (TPSA) is 128 Å². The molecule has 0 radical (unpaired) electrons. The molecule has 0 saturated heterocycles. The number of carbonyl (C=O) groups is 2. The molecule has 3 rings (SSSR count). The van der Waals surface area contributed by atoms with Gasteiger partial charge in [0.05, 0.1) is 23.0 Å². The normalized spacial score (nSPS) is 19.9. The molecule has 0 aliphatic heterocycles. The summed E-state index contributed by atoms with van der Waals surface area (Å²) in [5.41, 5.74) is 7.75. The fraction of sp³-hybridized carbons (Fsp3) is 0.542. The summed E-state index contributed by atoms with van der Waals surface area (Å²) in [7, 11) is 0. The maximum atomic E-state index is 11.8. The number of aryl methyl sites for hydroxylation is 2. The zero-order chi connectivity index (χ0) is 23.6. The predicted molar refractivity (Wildman–Crippen MR) is 120 cm³/mol. The van der Waals surface area contributed by atoms with E-state index in [4.69, 9.17) is 10.5 Å². The molecule has 2 aromatic heterocycles. The SMILES string of the molecule is Cc1nc(C)c(-c2ccc(OC3CCC(C(C(=O)O)C(C)(C)C)CC3)nc2)nc1C(N)=O. The van der Waals surface area contributed by atoms with Crippen LogP contribution in [0.2, 0.25) is 0 Å². The van der Waals surface area contributed by atoms with Crippen molar-refractivity contribution >= 4 is 11.9 Å². The second-order valence-corrected chi connectivity index (χ2v) is 9.68. The number of carboxylic acid groups (broad SMARTS) is 1. The summed E-state index contributed by atoms with van der Waals surface area (Å²) >= 11 is 0. The summed E-state index contributed by atoms with van der Waals surface area (Å²) in [6.45, 7) is 9.50. The first-order chi connectivity index (χ1) is 15.0. The van der Waals surface area contributed by atoms with Crippen LogP contribution in [0.25, 0.3) is 11.3 Å². The molecule has 1 saturated carbocycles. The van der Waals surface area contributed by atoms with Crippen molar-refractivity contribution in [1.82, 2.24) is 15.0 Å². The van der Waals surface area contributed by atoms with Crippen LogP contribution in [0.3, 0.4) is 0 Å². The van der Waals surface area contributed by atoms with Gasteiger partial charge in [0.25, 0.3) is 5.91 Å². The van der Waals surface area contributed by atoms with E-state index in [9.17, 15) is 14.7 Å². The molecule has 0 bridgehead atoms. The highest BCUT2D eigenvalue weighted by Gasteiger charge is 2.40. The highest BCUT2D eigenvalue weighted by atomic mass is 16.5. The molecule has 1 atom stereocenters. The number of carboxylic acids is 1. The Hall–Kier alpha value is -3.03. The Labute approximate surface area is 188 Å². The first-order valence-electron chi connectivity index (χ1n) is 11.0. The van der Waals surface area contributed by atoms with E-state index in [1.807, 2.05) is 33.8 Å². The lowest BCUT2D eigenvalue weighted by molar-refractivity contribution is -0.149. The molecule has 8 heteroatoms. The van der Waals surface area contributed by atoms with Crippen LogP contribution in [0.4, 0.5) is 0 Å². The standard InChI is InChI=1S/C24H32N4O4/c1-13-20(28-21(22(25)29)14(2)27-13)16-8-11-18(26-12-16)32-17-9-6-15(7-10-17)19(23(30)31)24(3,4)5/h8,11-12,15,17,19H,6-7,9-10H2,1-5H3,(H2,25,29)(H,30,31). The van der Waals surface area contributed by atoms with Crippen LogP contribution in [-0.4, -0.2) is 38.0 Å². The third-order valence-electron chi connectivity index (χ3n) is 6.16. The van der Waals surface area contributed by atoms with Gasteiger partial charge in [0.15, 0.2) is 0 Å². The van der Waals surface area contributed by atoms with Gasteiger partial charge in [-0.3, -0.25) is 14.6 Å². The van der Waals surface area contributed by atoms with Gasteiger partial charge in [-0.15, -0.1) is 0 Å². The third kappa shape index (κ3) is 5.23. The molecule has 2 aromatic rings. The van der Waals surface area contributed by atoms with Crippen LogP contribution in [0.1, 0.15) is 68.3 Å². The van der Waals surface area contributed by atoms with Crippen molar-refractivity contribution < 1.29 is 19.4 Å². The number of hydrogen-bond acceptors (Lipinski definition) is 6. The molecule has 3 N–H and O–H groups in total.